The number of nitrogens with zero attached hydrogens (tertiary/aromatic N) is 5. The zero-order valence-corrected chi connectivity index (χ0v) is 12.5. The average Bonchev–Trinajstić information content (AvgIpc) is 3.21. The van der Waals surface area contributed by atoms with Crippen molar-refractivity contribution >= 4 is 11.6 Å². The lowest BCUT2D eigenvalue weighted by atomic mass is 10.0. The quantitative estimate of drug-likeness (QED) is 0.920. The minimum atomic E-state index is 0.677. The van der Waals surface area contributed by atoms with Crippen molar-refractivity contribution in [3.8, 4) is 0 Å². The second-order valence-electron chi connectivity index (χ2n) is 6.34. The van der Waals surface area contributed by atoms with Crippen molar-refractivity contribution in [1.29, 1.82) is 0 Å². The van der Waals surface area contributed by atoms with Gasteiger partial charge in [0, 0.05) is 30.9 Å². The Balaban J connectivity index is 1.45. The Kier molecular flexibility index (Phi) is 3.25. The fraction of sp³-hybridized carbons (Fsp3) is 0.667. The van der Waals surface area contributed by atoms with Gasteiger partial charge < -0.3 is 10.2 Å². The fourth-order valence-electron chi connectivity index (χ4n) is 3.10. The third-order valence-electron chi connectivity index (χ3n) is 4.57. The Morgan fingerprint density at radius 2 is 2.05 bits per heavy atom. The summed E-state index contributed by atoms with van der Waals surface area (Å²) in [6.07, 6.45) is 6.82. The van der Waals surface area contributed by atoms with Crippen LogP contribution in [0.15, 0.2) is 12.4 Å². The van der Waals surface area contributed by atoms with Crippen LogP contribution in [0.3, 0.4) is 0 Å². The molecule has 0 radical (unpaired) electrons. The van der Waals surface area contributed by atoms with Crippen LogP contribution in [0, 0.1) is 12.8 Å². The molecule has 2 aromatic rings. The average molecular weight is 286 g/mol. The van der Waals surface area contributed by atoms with E-state index in [0.29, 0.717) is 11.8 Å². The van der Waals surface area contributed by atoms with E-state index in [2.05, 4.69) is 31.3 Å². The number of piperidine rings is 1. The Morgan fingerprint density at radius 3 is 2.81 bits per heavy atom. The van der Waals surface area contributed by atoms with Gasteiger partial charge >= 0.3 is 0 Å². The predicted molar refractivity (Wildman–Crippen MR) is 81.5 cm³/mol. The summed E-state index contributed by atoms with van der Waals surface area (Å²) >= 11 is 0. The Morgan fingerprint density at radius 1 is 1.24 bits per heavy atom. The number of aromatic nitrogens is 4. The highest BCUT2D eigenvalue weighted by Gasteiger charge is 2.25. The number of anilines is 1. The number of hydrogen-bond donors (Lipinski definition) is 1. The van der Waals surface area contributed by atoms with Crippen LogP contribution in [0.25, 0.3) is 5.78 Å². The maximum atomic E-state index is 4.41. The number of hydrogen-bond acceptors (Lipinski definition) is 5. The van der Waals surface area contributed by atoms with E-state index < -0.39 is 0 Å². The van der Waals surface area contributed by atoms with E-state index in [1.54, 1.807) is 6.33 Å². The lowest BCUT2D eigenvalue weighted by Gasteiger charge is -2.34. The van der Waals surface area contributed by atoms with Gasteiger partial charge in [0.25, 0.3) is 5.78 Å². The summed E-state index contributed by atoms with van der Waals surface area (Å²) in [7, 11) is 0. The number of fused-ring (bicyclic) bond motifs is 1. The molecule has 21 heavy (non-hydrogen) atoms. The highest BCUT2D eigenvalue weighted by Crippen LogP contribution is 2.28. The van der Waals surface area contributed by atoms with Crippen LogP contribution in [0.5, 0.6) is 0 Å². The summed E-state index contributed by atoms with van der Waals surface area (Å²) in [6, 6.07) is 2.79. The van der Waals surface area contributed by atoms with Crippen LogP contribution in [0.2, 0.25) is 0 Å². The molecule has 2 aromatic heterocycles. The maximum absolute atomic E-state index is 4.41. The van der Waals surface area contributed by atoms with E-state index in [4.69, 9.17) is 0 Å². The first-order valence-corrected chi connectivity index (χ1v) is 7.95. The Hall–Kier alpha value is -1.69. The summed E-state index contributed by atoms with van der Waals surface area (Å²) in [5.41, 5.74) is 1.000. The second kappa shape index (κ2) is 5.26. The molecule has 1 N–H and O–H groups in total. The first kappa shape index (κ1) is 13.0. The molecule has 0 aromatic carbocycles. The van der Waals surface area contributed by atoms with E-state index >= 15 is 0 Å². The number of rotatable bonds is 4. The summed E-state index contributed by atoms with van der Waals surface area (Å²) in [5.74, 6) is 2.77. The summed E-state index contributed by atoms with van der Waals surface area (Å²) in [5, 5.41) is 8.03. The summed E-state index contributed by atoms with van der Waals surface area (Å²) in [6.45, 7) is 5.37. The van der Waals surface area contributed by atoms with Crippen LogP contribution < -0.4 is 10.2 Å². The molecule has 3 heterocycles. The van der Waals surface area contributed by atoms with E-state index in [0.717, 1.165) is 30.5 Å². The molecule has 0 atom stereocenters. The van der Waals surface area contributed by atoms with Gasteiger partial charge in [-0.15, -0.1) is 0 Å². The van der Waals surface area contributed by atoms with Crippen molar-refractivity contribution in [3.63, 3.8) is 0 Å². The van der Waals surface area contributed by atoms with Crippen LogP contribution in [0.4, 0.5) is 5.82 Å². The van der Waals surface area contributed by atoms with Crippen LogP contribution >= 0.6 is 0 Å². The third kappa shape index (κ3) is 2.72. The van der Waals surface area contributed by atoms with E-state index in [1.807, 2.05) is 11.4 Å². The van der Waals surface area contributed by atoms with Gasteiger partial charge in [-0.25, -0.2) is 4.98 Å². The Bertz CT molecular complexity index is 624. The van der Waals surface area contributed by atoms with Crippen molar-refractivity contribution in [2.45, 2.75) is 38.6 Å². The zero-order valence-electron chi connectivity index (χ0n) is 12.5. The first-order chi connectivity index (χ1) is 10.3. The highest BCUT2D eigenvalue weighted by molar-refractivity contribution is 5.47. The van der Waals surface area contributed by atoms with Crippen LogP contribution in [0.1, 0.15) is 31.4 Å². The van der Waals surface area contributed by atoms with E-state index in [-0.39, 0.29) is 0 Å². The molecule has 0 spiro atoms. The van der Waals surface area contributed by atoms with Gasteiger partial charge in [-0.1, -0.05) is 0 Å². The van der Waals surface area contributed by atoms with Gasteiger partial charge in [-0.05, 0) is 45.1 Å². The van der Waals surface area contributed by atoms with Crippen LogP contribution in [-0.2, 0) is 0 Å². The first-order valence-electron chi connectivity index (χ1n) is 7.95. The molecule has 0 bridgehead atoms. The van der Waals surface area contributed by atoms with E-state index in [1.165, 1.54) is 32.2 Å². The molecule has 6 nitrogen and oxygen atoms in total. The van der Waals surface area contributed by atoms with Crippen molar-refractivity contribution in [2.24, 2.45) is 5.92 Å². The smallest absolute Gasteiger partial charge is 0.254 e. The minimum Gasteiger partial charge on any atom is -0.356 e. The summed E-state index contributed by atoms with van der Waals surface area (Å²) in [4.78, 5) is 11.0. The molecule has 112 valence electrons. The van der Waals surface area contributed by atoms with Gasteiger partial charge in [-0.3, -0.25) is 0 Å². The number of nitrogens with one attached hydrogen (secondary N) is 1. The molecule has 1 aliphatic carbocycles. The molecule has 1 aliphatic heterocycles. The lowest BCUT2D eigenvalue weighted by Crippen LogP contribution is -2.43. The molecule has 6 heteroatoms. The van der Waals surface area contributed by atoms with Crippen molar-refractivity contribution in [1.82, 2.24) is 24.9 Å². The van der Waals surface area contributed by atoms with Crippen LogP contribution in [-0.4, -0.2) is 45.3 Å². The van der Waals surface area contributed by atoms with Crippen molar-refractivity contribution in [2.75, 3.05) is 24.5 Å². The van der Waals surface area contributed by atoms with Gasteiger partial charge in [0.2, 0.25) is 0 Å². The van der Waals surface area contributed by atoms with Crippen molar-refractivity contribution < 1.29 is 0 Å². The van der Waals surface area contributed by atoms with Gasteiger partial charge in [-0.2, -0.15) is 14.6 Å². The highest BCUT2D eigenvalue weighted by atomic mass is 15.4. The molecule has 1 saturated carbocycles. The minimum absolute atomic E-state index is 0.677. The van der Waals surface area contributed by atoms with Gasteiger partial charge in [0.05, 0.1) is 0 Å². The molecule has 0 unspecified atom stereocenters. The molecule has 4 rings (SSSR count). The molecule has 1 saturated heterocycles. The topological polar surface area (TPSA) is 58.4 Å². The molecular formula is C15H22N6. The van der Waals surface area contributed by atoms with Crippen molar-refractivity contribution in [3.05, 3.63) is 18.1 Å². The summed E-state index contributed by atoms with van der Waals surface area (Å²) < 4.78 is 1.85. The lowest BCUT2D eigenvalue weighted by molar-refractivity contribution is 0.406. The maximum Gasteiger partial charge on any atom is 0.254 e. The standard InChI is InChI=1S/C15H22N6/c1-11-8-14(21-15(19-11)17-10-18-21)20-6-4-13(5-7-20)16-9-12-2-3-12/h8,10,12-13,16H,2-7,9H2,1H3. The monoisotopic (exact) mass is 286 g/mol. The van der Waals surface area contributed by atoms with Gasteiger partial charge in [0.1, 0.15) is 12.1 Å². The number of aryl methyl sites for hydroxylation is 1. The SMILES string of the molecule is Cc1cc(N2CCC(NCC3CC3)CC2)n2ncnc2n1. The van der Waals surface area contributed by atoms with Gasteiger partial charge in [0.15, 0.2) is 0 Å². The molecule has 2 fully saturated rings. The third-order valence-corrected chi connectivity index (χ3v) is 4.57. The second-order valence-corrected chi connectivity index (χ2v) is 6.34. The zero-order chi connectivity index (χ0) is 14.2. The molecular weight excluding hydrogens is 264 g/mol. The molecule has 0 amide bonds. The Labute approximate surface area is 124 Å². The largest absolute Gasteiger partial charge is 0.356 e. The molecule has 2 aliphatic rings. The fourth-order valence-corrected chi connectivity index (χ4v) is 3.10. The predicted octanol–water partition coefficient (Wildman–Crippen LogP) is 1.40. The normalized spacial score (nSPS) is 20.3. The van der Waals surface area contributed by atoms with E-state index in [9.17, 15) is 0 Å².